The normalized spacial score (nSPS) is 12.3. The Balaban J connectivity index is 3.63. The van der Waals surface area contributed by atoms with Gasteiger partial charge in [-0.3, -0.25) is 0 Å². The zero-order chi connectivity index (χ0) is 14.1. The standard InChI is InChI=1S/C10H6F6N2/c11-9(12,13)6-1-5(3-17)7(4-18)8(2-6)10(14,15)16/h1-2H,3,17H2. The Labute approximate surface area is 97.6 Å². The minimum Gasteiger partial charge on any atom is -0.326 e. The van der Waals surface area contributed by atoms with Crippen molar-refractivity contribution < 1.29 is 26.3 Å². The van der Waals surface area contributed by atoms with Gasteiger partial charge >= 0.3 is 12.4 Å². The van der Waals surface area contributed by atoms with Crippen molar-refractivity contribution in [1.82, 2.24) is 0 Å². The minimum atomic E-state index is -5.05. The molecule has 0 radical (unpaired) electrons. The summed E-state index contributed by atoms with van der Waals surface area (Å²) in [5.41, 5.74) is 0.599. The molecule has 1 aromatic rings. The number of hydrogen-bond donors (Lipinski definition) is 1. The number of hydrogen-bond acceptors (Lipinski definition) is 2. The van der Waals surface area contributed by atoms with Gasteiger partial charge in [-0.25, -0.2) is 0 Å². The Morgan fingerprint density at radius 2 is 1.61 bits per heavy atom. The average Bonchev–Trinajstić information content (AvgIpc) is 2.24. The molecule has 0 aromatic heterocycles. The second kappa shape index (κ2) is 4.49. The van der Waals surface area contributed by atoms with Crippen LogP contribution in [0.25, 0.3) is 0 Å². The number of nitrogens with zero attached hydrogens (tertiary/aromatic N) is 1. The summed E-state index contributed by atoms with van der Waals surface area (Å²) in [6.45, 7) is -0.587. The Morgan fingerprint density at radius 1 is 1.06 bits per heavy atom. The van der Waals surface area contributed by atoms with E-state index in [0.29, 0.717) is 6.07 Å². The van der Waals surface area contributed by atoms with Crippen molar-refractivity contribution >= 4 is 0 Å². The molecule has 0 aliphatic heterocycles. The molecule has 0 aliphatic carbocycles. The highest BCUT2D eigenvalue weighted by Gasteiger charge is 2.39. The first kappa shape index (κ1) is 14.3. The maximum atomic E-state index is 12.6. The second-order valence-electron chi connectivity index (χ2n) is 3.37. The monoisotopic (exact) mass is 268 g/mol. The number of benzene rings is 1. The van der Waals surface area contributed by atoms with E-state index in [1.165, 1.54) is 6.07 Å². The van der Waals surface area contributed by atoms with Crippen LogP contribution in [-0.2, 0) is 18.9 Å². The van der Waals surface area contributed by atoms with Gasteiger partial charge in [0.1, 0.15) is 6.07 Å². The largest absolute Gasteiger partial charge is 0.417 e. The summed E-state index contributed by atoms with van der Waals surface area (Å²) >= 11 is 0. The lowest BCUT2D eigenvalue weighted by molar-refractivity contribution is -0.143. The van der Waals surface area contributed by atoms with Crippen molar-refractivity contribution in [3.05, 3.63) is 34.4 Å². The van der Waals surface area contributed by atoms with Crippen LogP contribution >= 0.6 is 0 Å². The molecule has 2 nitrogen and oxygen atoms in total. The molecule has 0 saturated heterocycles. The van der Waals surface area contributed by atoms with Crippen LogP contribution in [0.15, 0.2) is 12.1 Å². The van der Waals surface area contributed by atoms with E-state index in [1.54, 1.807) is 0 Å². The fourth-order valence-electron chi connectivity index (χ4n) is 1.38. The molecule has 98 valence electrons. The van der Waals surface area contributed by atoms with Crippen molar-refractivity contribution in [2.24, 2.45) is 5.73 Å². The van der Waals surface area contributed by atoms with Gasteiger partial charge in [-0.2, -0.15) is 31.6 Å². The summed E-state index contributed by atoms with van der Waals surface area (Å²) in [5.74, 6) is 0. The lowest BCUT2D eigenvalue weighted by atomic mass is 9.97. The van der Waals surface area contributed by atoms with Gasteiger partial charge in [0.2, 0.25) is 0 Å². The maximum Gasteiger partial charge on any atom is 0.417 e. The first-order chi connectivity index (χ1) is 8.11. The number of rotatable bonds is 1. The van der Waals surface area contributed by atoms with E-state index in [1.807, 2.05) is 0 Å². The van der Waals surface area contributed by atoms with Crippen LogP contribution in [0, 0.1) is 11.3 Å². The van der Waals surface area contributed by atoms with Crippen LogP contribution in [0.5, 0.6) is 0 Å². The van der Waals surface area contributed by atoms with Gasteiger partial charge in [0.15, 0.2) is 0 Å². The summed E-state index contributed by atoms with van der Waals surface area (Å²) in [4.78, 5) is 0. The average molecular weight is 268 g/mol. The quantitative estimate of drug-likeness (QED) is 0.796. The highest BCUT2D eigenvalue weighted by Crippen LogP contribution is 2.38. The van der Waals surface area contributed by atoms with Gasteiger partial charge in [-0.15, -0.1) is 0 Å². The van der Waals surface area contributed by atoms with E-state index in [2.05, 4.69) is 0 Å². The fourth-order valence-corrected chi connectivity index (χ4v) is 1.38. The topological polar surface area (TPSA) is 49.8 Å². The third-order valence-electron chi connectivity index (χ3n) is 2.18. The van der Waals surface area contributed by atoms with Crippen molar-refractivity contribution in [1.29, 1.82) is 5.26 Å². The van der Waals surface area contributed by atoms with E-state index >= 15 is 0 Å². The smallest absolute Gasteiger partial charge is 0.326 e. The molecule has 0 atom stereocenters. The van der Waals surface area contributed by atoms with E-state index in [0.717, 1.165) is 0 Å². The third kappa shape index (κ3) is 2.73. The molecular weight excluding hydrogens is 262 g/mol. The second-order valence-corrected chi connectivity index (χ2v) is 3.37. The zero-order valence-electron chi connectivity index (χ0n) is 8.65. The van der Waals surface area contributed by atoms with Gasteiger partial charge in [-0.05, 0) is 17.7 Å². The summed E-state index contributed by atoms with van der Waals surface area (Å²) in [7, 11) is 0. The summed E-state index contributed by atoms with van der Waals surface area (Å²) in [6.07, 6.45) is -9.98. The number of nitrogens with two attached hydrogens (primary N) is 1. The summed E-state index contributed by atoms with van der Waals surface area (Å²) in [5, 5.41) is 8.60. The lowest BCUT2D eigenvalue weighted by Crippen LogP contribution is -2.16. The maximum absolute atomic E-state index is 12.6. The fraction of sp³-hybridized carbons (Fsp3) is 0.300. The molecule has 0 unspecified atom stereocenters. The lowest BCUT2D eigenvalue weighted by Gasteiger charge is -2.15. The Kier molecular flexibility index (Phi) is 3.57. The molecule has 0 amide bonds. The molecule has 18 heavy (non-hydrogen) atoms. The molecule has 0 heterocycles. The van der Waals surface area contributed by atoms with Crippen LogP contribution in [0.2, 0.25) is 0 Å². The van der Waals surface area contributed by atoms with Crippen LogP contribution in [0.4, 0.5) is 26.3 Å². The predicted octanol–water partition coefficient (Wildman–Crippen LogP) is 3.05. The van der Waals surface area contributed by atoms with Crippen LogP contribution in [0.1, 0.15) is 22.3 Å². The van der Waals surface area contributed by atoms with Gasteiger partial charge in [-0.1, -0.05) is 0 Å². The Hall–Kier alpha value is -1.75. The molecule has 8 heteroatoms. The molecule has 0 spiro atoms. The van der Waals surface area contributed by atoms with Crippen molar-refractivity contribution in [2.45, 2.75) is 18.9 Å². The minimum absolute atomic E-state index is 0.0856. The third-order valence-corrected chi connectivity index (χ3v) is 2.18. The van der Waals surface area contributed by atoms with Gasteiger partial charge < -0.3 is 5.73 Å². The number of alkyl halides is 6. The van der Waals surface area contributed by atoms with Gasteiger partial charge in [0.25, 0.3) is 0 Å². The molecule has 1 rings (SSSR count). The van der Waals surface area contributed by atoms with Crippen LogP contribution < -0.4 is 5.73 Å². The summed E-state index contributed by atoms with van der Waals surface area (Å²) < 4.78 is 74.9. The van der Waals surface area contributed by atoms with E-state index in [-0.39, 0.29) is 6.07 Å². The van der Waals surface area contributed by atoms with E-state index in [9.17, 15) is 26.3 Å². The molecule has 2 N–H and O–H groups in total. The van der Waals surface area contributed by atoms with Crippen molar-refractivity contribution in [2.75, 3.05) is 0 Å². The van der Waals surface area contributed by atoms with Gasteiger partial charge in [0, 0.05) is 6.54 Å². The highest BCUT2D eigenvalue weighted by molar-refractivity contribution is 5.49. The Bertz CT molecular complexity index is 495. The van der Waals surface area contributed by atoms with Crippen molar-refractivity contribution in [3.63, 3.8) is 0 Å². The number of halogens is 6. The molecule has 1 aromatic carbocycles. The predicted molar refractivity (Wildman–Crippen MR) is 49.1 cm³/mol. The van der Waals surface area contributed by atoms with E-state index in [4.69, 9.17) is 11.0 Å². The molecule has 0 fully saturated rings. The van der Waals surface area contributed by atoms with Crippen LogP contribution in [-0.4, -0.2) is 0 Å². The zero-order valence-corrected chi connectivity index (χ0v) is 8.65. The van der Waals surface area contributed by atoms with Crippen LogP contribution in [0.3, 0.4) is 0 Å². The first-order valence-corrected chi connectivity index (χ1v) is 4.52. The molecular formula is C10H6F6N2. The Morgan fingerprint density at radius 3 is 1.94 bits per heavy atom. The molecule has 0 aliphatic rings. The molecule has 0 saturated carbocycles. The van der Waals surface area contributed by atoms with E-state index < -0.39 is 41.2 Å². The first-order valence-electron chi connectivity index (χ1n) is 4.52. The molecule has 0 bridgehead atoms. The van der Waals surface area contributed by atoms with Crippen molar-refractivity contribution in [3.8, 4) is 6.07 Å². The summed E-state index contributed by atoms with van der Waals surface area (Å²) in [6, 6.07) is 1.60. The SMILES string of the molecule is N#Cc1c(CN)cc(C(F)(F)F)cc1C(F)(F)F. The number of nitriles is 1. The van der Waals surface area contributed by atoms with Gasteiger partial charge in [0.05, 0.1) is 16.7 Å². The highest BCUT2D eigenvalue weighted by atomic mass is 19.4.